The largest absolute Gasteiger partial charge is 0.314 e. The Morgan fingerprint density at radius 1 is 1.19 bits per heavy atom. The van der Waals surface area contributed by atoms with Gasteiger partial charge in [0.05, 0.1) is 15.9 Å². The highest BCUT2D eigenvalue weighted by molar-refractivity contribution is 5.49. The number of benzene rings is 1. The van der Waals surface area contributed by atoms with Crippen molar-refractivity contribution in [1.82, 2.24) is 5.32 Å². The Labute approximate surface area is 123 Å². The van der Waals surface area contributed by atoms with Crippen LogP contribution in [0.1, 0.15) is 32.8 Å². The van der Waals surface area contributed by atoms with Crippen molar-refractivity contribution in [3.63, 3.8) is 0 Å². The fourth-order valence-corrected chi connectivity index (χ4v) is 2.29. The predicted octanol–water partition coefficient (Wildman–Crippen LogP) is 3.07. The average molecular weight is 295 g/mol. The van der Waals surface area contributed by atoms with Gasteiger partial charge in [-0.25, -0.2) is 0 Å². The van der Waals surface area contributed by atoms with Crippen molar-refractivity contribution in [3.05, 3.63) is 44.0 Å². The molecule has 1 N–H and O–H groups in total. The monoisotopic (exact) mass is 295 g/mol. The van der Waals surface area contributed by atoms with Gasteiger partial charge in [-0.1, -0.05) is 20.8 Å². The summed E-state index contributed by atoms with van der Waals surface area (Å²) in [6, 6.07) is 4.11. The maximum Gasteiger partial charge on any atom is 0.279 e. The zero-order valence-corrected chi connectivity index (χ0v) is 12.5. The molecule has 0 aliphatic rings. The van der Waals surface area contributed by atoms with E-state index in [2.05, 4.69) is 19.2 Å². The van der Waals surface area contributed by atoms with Crippen LogP contribution in [0, 0.1) is 26.1 Å². The first kappa shape index (κ1) is 17.0. The van der Waals surface area contributed by atoms with Crippen LogP contribution in [-0.2, 0) is 6.42 Å². The first-order valence-electron chi connectivity index (χ1n) is 7.01. The summed E-state index contributed by atoms with van der Waals surface area (Å²) in [6.45, 7) is 7.05. The molecule has 7 heteroatoms. The minimum absolute atomic E-state index is 0.178. The highest BCUT2D eigenvalue weighted by atomic mass is 16.6. The second-order valence-electron chi connectivity index (χ2n) is 5.27. The molecule has 0 spiro atoms. The van der Waals surface area contributed by atoms with Crippen LogP contribution in [0.5, 0.6) is 0 Å². The smallest absolute Gasteiger partial charge is 0.279 e. The number of hydrogen-bond donors (Lipinski definition) is 1. The van der Waals surface area contributed by atoms with E-state index in [1.165, 1.54) is 12.1 Å². The summed E-state index contributed by atoms with van der Waals surface area (Å²) in [5, 5.41) is 25.1. The summed E-state index contributed by atoms with van der Waals surface area (Å²) in [7, 11) is 0. The lowest BCUT2D eigenvalue weighted by molar-refractivity contribution is -0.394. The summed E-state index contributed by atoms with van der Waals surface area (Å²) in [5.41, 5.74) is 0.106. The number of nitrogens with one attached hydrogen (secondary N) is 1. The topological polar surface area (TPSA) is 98.3 Å². The molecule has 0 radical (unpaired) electrons. The minimum Gasteiger partial charge on any atom is -0.314 e. The Bertz CT molecular complexity index is 517. The molecule has 0 heterocycles. The number of hydrogen-bond acceptors (Lipinski definition) is 5. The van der Waals surface area contributed by atoms with E-state index in [0.29, 0.717) is 17.9 Å². The van der Waals surface area contributed by atoms with Gasteiger partial charge in [0.15, 0.2) is 0 Å². The van der Waals surface area contributed by atoms with E-state index < -0.39 is 9.85 Å². The first-order chi connectivity index (χ1) is 9.86. The third-order valence-electron chi connectivity index (χ3n) is 3.47. The standard InChI is InChI=1S/C14H21N3O4/c1-4-15-13(10(2)3)8-6-11-5-7-12(16(18)19)9-14(11)17(20)21/h5,7,9-10,13,15H,4,6,8H2,1-3H3. The summed E-state index contributed by atoms with van der Waals surface area (Å²) in [6.07, 6.45) is 1.27. The van der Waals surface area contributed by atoms with Crippen molar-refractivity contribution in [2.24, 2.45) is 5.92 Å². The number of aryl methyl sites for hydroxylation is 1. The minimum atomic E-state index is -0.619. The molecule has 116 valence electrons. The molecule has 0 amide bonds. The molecule has 0 aromatic heterocycles. The Morgan fingerprint density at radius 3 is 2.33 bits per heavy atom. The van der Waals surface area contributed by atoms with Gasteiger partial charge < -0.3 is 5.32 Å². The molecule has 1 atom stereocenters. The Balaban J connectivity index is 2.92. The summed E-state index contributed by atoms with van der Waals surface area (Å²) in [4.78, 5) is 20.6. The molecule has 0 saturated carbocycles. The van der Waals surface area contributed by atoms with Gasteiger partial charge in [0.2, 0.25) is 0 Å². The van der Waals surface area contributed by atoms with Crippen LogP contribution in [0.25, 0.3) is 0 Å². The second-order valence-corrected chi connectivity index (χ2v) is 5.27. The van der Waals surface area contributed by atoms with Gasteiger partial charge in [-0.2, -0.15) is 0 Å². The number of non-ortho nitro benzene ring substituents is 1. The van der Waals surface area contributed by atoms with Gasteiger partial charge in [-0.15, -0.1) is 0 Å². The van der Waals surface area contributed by atoms with Crippen LogP contribution in [-0.4, -0.2) is 22.4 Å². The lowest BCUT2D eigenvalue weighted by atomic mass is 9.96. The normalized spacial score (nSPS) is 12.4. The highest BCUT2D eigenvalue weighted by Gasteiger charge is 2.20. The first-order valence-corrected chi connectivity index (χ1v) is 7.01. The molecule has 1 rings (SSSR count). The van der Waals surface area contributed by atoms with Gasteiger partial charge in [0, 0.05) is 17.7 Å². The van der Waals surface area contributed by atoms with Crippen molar-refractivity contribution >= 4 is 11.4 Å². The lowest BCUT2D eigenvalue weighted by Crippen LogP contribution is -2.34. The Kier molecular flexibility index (Phi) is 6.23. The molecule has 0 bridgehead atoms. The molecule has 1 unspecified atom stereocenters. The van der Waals surface area contributed by atoms with Crippen molar-refractivity contribution in [3.8, 4) is 0 Å². The molecule has 0 aliphatic carbocycles. The second kappa shape index (κ2) is 7.68. The number of nitro benzene ring substituents is 2. The number of rotatable bonds is 8. The van der Waals surface area contributed by atoms with Gasteiger partial charge in [-0.05, 0) is 31.4 Å². The van der Waals surface area contributed by atoms with E-state index in [0.717, 1.165) is 19.0 Å². The zero-order chi connectivity index (χ0) is 16.0. The summed E-state index contributed by atoms with van der Waals surface area (Å²) in [5.74, 6) is 0.419. The molecule has 0 fully saturated rings. The quantitative estimate of drug-likeness (QED) is 0.587. The van der Waals surface area contributed by atoms with Gasteiger partial charge in [-0.3, -0.25) is 20.2 Å². The molecule has 0 saturated heterocycles. The van der Waals surface area contributed by atoms with Crippen LogP contribution < -0.4 is 5.32 Å². The Hall–Kier alpha value is -2.02. The van der Waals surface area contributed by atoms with Crippen LogP contribution in [0.15, 0.2) is 18.2 Å². The fraction of sp³-hybridized carbons (Fsp3) is 0.571. The third-order valence-corrected chi connectivity index (χ3v) is 3.47. The average Bonchev–Trinajstić information content (AvgIpc) is 2.42. The van der Waals surface area contributed by atoms with E-state index >= 15 is 0 Å². The summed E-state index contributed by atoms with van der Waals surface area (Å²) < 4.78 is 0. The van der Waals surface area contributed by atoms with Gasteiger partial charge >= 0.3 is 0 Å². The van der Waals surface area contributed by atoms with Crippen molar-refractivity contribution < 1.29 is 9.85 Å². The molecule has 21 heavy (non-hydrogen) atoms. The van der Waals surface area contributed by atoms with Crippen LogP contribution in [0.4, 0.5) is 11.4 Å². The predicted molar refractivity (Wildman–Crippen MR) is 80.4 cm³/mol. The van der Waals surface area contributed by atoms with E-state index in [9.17, 15) is 20.2 Å². The highest BCUT2D eigenvalue weighted by Crippen LogP contribution is 2.26. The molecule has 1 aromatic carbocycles. The lowest BCUT2D eigenvalue weighted by Gasteiger charge is -2.21. The molecule has 1 aromatic rings. The molecule has 0 aliphatic heterocycles. The third kappa shape index (κ3) is 4.78. The van der Waals surface area contributed by atoms with Crippen molar-refractivity contribution in [1.29, 1.82) is 0 Å². The molecule has 7 nitrogen and oxygen atoms in total. The SMILES string of the molecule is CCNC(CCc1ccc([N+](=O)[O-])cc1[N+](=O)[O-])C(C)C. The fourth-order valence-electron chi connectivity index (χ4n) is 2.29. The van der Waals surface area contributed by atoms with Crippen molar-refractivity contribution in [2.75, 3.05) is 6.54 Å². The van der Waals surface area contributed by atoms with E-state index in [1.54, 1.807) is 0 Å². The molecular weight excluding hydrogens is 274 g/mol. The van der Waals surface area contributed by atoms with E-state index in [4.69, 9.17) is 0 Å². The Morgan fingerprint density at radius 2 is 1.86 bits per heavy atom. The maximum absolute atomic E-state index is 11.1. The van der Waals surface area contributed by atoms with E-state index in [1.807, 2.05) is 6.92 Å². The maximum atomic E-state index is 11.1. The van der Waals surface area contributed by atoms with Crippen molar-refractivity contribution in [2.45, 2.75) is 39.7 Å². The van der Waals surface area contributed by atoms with Crippen LogP contribution in [0.2, 0.25) is 0 Å². The number of nitrogens with zero attached hydrogens (tertiary/aromatic N) is 2. The van der Waals surface area contributed by atoms with Gasteiger partial charge in [0.25, 0.3) is 11.4 Å². The number of nitro groups is 2. The zero-order valence-electron chi connectivity index (χ0n) is 12.5. The van der Waals surface area contributed by atoms with E-state index in [-0.39, 0.29) is 17.4 Å². The van der Waals surface area contributed by atoms with Crippen LogP contribution in [0.3, 0.4) is 0 Å². The summed E-state index contributed by atoms with van der Waals surface area (Å²) >= 11 is 0. The molecular formula is C14H21N3O4. The van der Waals surface area contributed by atoms with Gasteiger partial charge in [0.1, 0.15) is 0 Å². The van der Waals surface area contributed by atoms with Crippen LogP contribution >= 0.6 is 0 Å².